The maximum absolute atomic E-state index is 7.78. The summed E-state index contributed by atoms with van der Waals surface area (Å²) in [4.78, 5) is 0. The van der Waals surface area contributed by atoms with Crippen LogP contribution in [0, 0.1) is 5.41 Å². The van der Waals surface area contributed by atoms with Crippen molar-refractivity contribution >= 4 is 0 Å². The zero-order chi connectivity index (χ0) is 11.8. The largest absolute Gasteiger partial charge is 0.428 e. The predicted molar refractivity (Wildman–Crippen MR) is 60.2 cm³/mol. The normalized spacial score (nSPS) is 21.6. The summed E-state index contributed by atoms with van der Waals surface area (Å²) < 4.78 is 12.9. The second-order valence-corrected chi connectivity index (χ2v) is 5.44. The number of ether oxygens (including phenoxy) is 1. The van der Waals surface area contributed by atoms with Crippen LogP contribution < -0.4 is 5.68 Å². The van der Waals surface area contributed by atoms with Crippen molar-refractivity contribution in [2.75, 3.05) is 6.61 Å². The van der Waals surface area contributed by atoms with E-state index in [-0.39, 0.29) is 17.2 Å². The zero-order valence-electron chi connectivity index (χ0n) is 10.2. The first kappa shape index (κ1) is 11.5. The first-order chi connectivity index (χ1) is 7.47. The molecule has 1 saturated heterocycles. The van der Waals surface area contributed by atoms with Gasteiger partial charge in [-0.05, 0) is 12.8 Å². The molecule has 0 amide bonds. The molecule has 16 heavy (non-hydrogen) atoms. The highest BCUT2D eigenvalue weighted by molar-refractivity contribution is 5.04. The van der Waals surface area contributed by atoms with Gasteiger partial charge in [0, 0.05) is 18.2 Å². The van der Waals surface area contributed by atoms with Gasteiger partial charge in [0.2, 0.25) is 0 Å². The molecule has 1 fully saturated rings. The van der Waals surface area contributed by atoms with Gasteiger partial charge < -0.3 is 9.15 Å². The lowest BCUT2D eigenvalue weighted by molar-refractivity contribution is 0.0947. The molecule has 1 aliphatic heterocycles. The molecule has 2 rings (SSSR count). The highest BCUT2D eigenvalue weighted by Crippen LogP contribution is 2.21. The van der Waals surface area contributed by atoms with Gasteiger partial charge >= 0.3 is 0 Å². The predicted octanol–water partition coefficient (Wildman–Crippen LogP) is 2.04. The van der Waals surface area contributed by atoms with E-state index >= 15 is 0 Å². The van der Waals surface area contributed by atoms with Gasteiger partial charge in [-0.25, -0.2) is 0 Å². The molecular formula is C12H20N2O2. The molecule has 90 valence electrons. The number of nitrogens with one attached hydrogen (secondary N) is 1. The summed E-state index contributed by atoms with van der Waals surface area (Å²) in [6.45, 7) is 7.84. The van der Waals surface area contributed by atoms with Crippen LogP contribution in [-0.4, -0.2) is 17.3 Å². The van der Waals surface area contributed by atoms with Crippen LogP contribution in [0.1, 0.15) is 39.4 Å². The quantitative estimate of drug-likeness (QED) is 0.835. The second kappa shape index (κ2) is 4.09. The lowest BCUT2D eigenvalue weighted by Gasteiger charge is -2.13. The third-order valence-electron chi connectivity index (χ3n) is 2.90. The highest BCUT2D eigenvalue weighted by atomic mass is 16.5. The smallest absolute Gasteiger partial charge is 0.294 e. The van der Waals surface area contributed by atoms with Crippen LogP contribution in [0.15, 0.2) is 10.6 Å². The van der Waals surface area contributed by atoms with Gasteiger partial charge in [-0.2, -0.15) is 0 Å². The van der Waals surface area contributed by atoms with E-state index in [1.54, 1.807) is 0 Å². The molecule has 1 atom stereocenters. The lowest BCUT2D eigenvalue weighted by atomic mass is 9.94. The third-order valence-corrected chi connectivity index (χ3v) is 2.90. The van der Waals surface area contributed by atoms with Gasteiger partial charge in [0.05, 0.1) is 12.6 Å². The van der Waals surface area contributed by atoms with Crippen molar-refractivity contribution < 1.29 is 9.15 Å². The monoisotopic (exact) mass is 224 g/mol. The third kappa shape index (κ3) is 2.38. The second-order valence-electron chi connectivity index (χ2n) is 5.44. The first-order valence-corrected chi connectivity index (χ1v) is 5.84. The molecule has 0 aliphatic carbocycles. The number of aromatic nitrogens is 1. The van der Waals surface area contributed by atoms with E-state index in [9.17, 15) is 0 Å². The van der Waals surface area contributed by atoms with Crippen molar-refractivity contribution in [3.8, 4) is 0 Å². The molecular weight excluding hydrogens is 204 g/mol. The summed E-state index contributed by atoms with van der Waals surface area (Å²) in [6.07, 6.45) is 4.40. The van der Waals surface area contributed by atoms with Crippen molar-refractivity contribution in [3.63, 3.8) is 0 Å². The Bertz CT molecular complexity index is 405. The number of oxazole rings is 1. The molecule has 1 unspecified atom stereocenters. The maximum Gasteiger partial charge on any atom is 0.294 e. The van der Waals surface area contributed by atoms with E-state index in [1.807, 2.05) is 10.8 Å². The number of rotatable bonds is 2. The van der Waals surface area contributed by atoms with Crippen LogP contribution in [0.4, 0.5) is 0 Å². The lowest BCUT2D eigenvalue weighted by Crippen LogP contribution is -2.22. The van der Waals surface area contributed by atoms with Gasteiger partial charge in [0.1, 0.15) is 5.76 Å². The summed E-state index contributed by atoms with van der Waals surface area (Å²) in [5.41, 5.74) is 0.179. The standard InChI is InChI=1S/C12H20N2O2/c1-12(2,3)10-8-14(11(13)16-10)7-9-5-4-6-15-9/h8-9,13H,4-7H2,1-3H3. The Morgan fingerprint density at radius 3 is 2.75 bits per heavy atom. The summed E-state index contributed by atoms with van der Waals surface area (Å²) in [5.74, 6) is 0.857. The zero-order valence-corrected chi connectivity index (χ0v) is 10.2. The Hall–Kier alpha value is -1.03. The Balaban J connectivity index is 2.15. The molecule has 0 bridgehead atoms. The molecule has 0 saturated carbocycles. The van der Waals surface area contributed by atoms with Crippen molar-refractivity contribution in [1.82, 2.24) is 4.57 Å². The van der Waals surface area contributed by atoms with Crippen molar-refractivity contribution in [3.05, 3.63) is 17.6 Å². The van der Waals surface area contributed by atoms with Crippen LogP contribution in [0.25, 0.3) is 0 Å². The van der Waals surface area contributed by atoms with Crippen LogP contribution in [0.2, 0.25) is 0 Å². The minimum atomic E-state index is -0.0441. The minimum absolute atomic E-state index is 0.0441. The molecule has 1 N–H and O–H groups in total. The molecule has 2 heterocycles. The van der Waals surface area contributed by atoms with E-state index in [0.717, 1.165) is 31.8 Å². The summed E-state index contributed by atoms with van der Waals surface area (Å²) in [6, 6.07) is 0. The molecule has 0 aromatic carbocycles. The molecule has 0 radical (unpaired) electrons. The molecule has 1 aliphatic rings. The molecule has 1 aromatic heterocycles. The van der Waals surface area contributed by atoms with Crippen LogP contribution in [0.5, 0.6) is 0 Å². The van der Waals surface area contributed by atoms with E-state index in [4.69, 9.17) is 14.6 Å². The van der Waals surface area contributed by atoms with Crippen LogP contribution in [0.3, 0.4) is 0 Å². The first-order valence-electron chi connectivity index (χ1n) is 5.84. The highest BCUT2D eigenvalue weighted by Gasteiger charge is 2.21. The van der Waals surface area contributed by atoms with Crippen LogP contribution in [-0.2, 0) is 16.7 Å². The summed E-state index contributed by atoms with van der Waals surface area (Å²) >= 11 is 0. The number of hydrogen-bond donors (Lipinski definition) is 1. The van der Waals surface area contributed by atoms with Gasteiger partial charge in [0.15, 0.2) is 0 Å². The van der Waals surface area contributed by atoms with Gasteiger partial charge in [0.25, 0.3) is 5.68 Å². The van der Waals surface area contributed by atoms with Crippen LogP contribution >= 0.6 is 0 Å². The number of hydrogen-bond acceptors (Lipinski definition) is 3. The Morgan fingerprint density at radius 2 is 2.25 bits per heavy atom. The SMILES string of the molecule is CC(C)(C)c1cn(CC2CCCO2)c(=N)o1. The summed E-state index contributed by atoms with van der Waals surface area (Å²) in [5, 5.41) is 7.78. The van der Waals surface area contributed by atoms with E-state index in [0.29, 0.717) is 0 Å². The Labute approximate surface area is 95.7 Å². The molecule has 1 aromatic rings. The topological polar surface area (TPSA) is 51.2 Å². The molecule has 0 spiro atoms. The Morgan fingerprint density at radius 1 is 1.50 bits per heavy atom. The fourth-order valence-electron chi connectivity index (χ4n) is 1.88. The molecule has 4 nitrogen and oxygen atoms in total. The van der Waals surface area contributed by atoms with Gasteiger partial charge in [-0.3, -0.25) is 9.98 Å². The van der Waals surface area contributed by atoms with Crippen molar-refractivity contribution in [1.29, 1.82) is 5.41 Å². The van der Waals surface area contributed by atoms with E-state index < -0.39 is 0 Å². The average Bonchev–Trinajstić information content (AvgIpc) is 2.76. The fourth-order valence-corrected chi connectivity index (χ4v) is 1.88. The summed E-state index contributed by atoms with van der Waals surface area (Å²) in [7, 11) is 0. The fraction of sp³-hybridized carbons (Fsp3) is 0.750. The molecule has 4 heteroatoms. The van der Waals surface area contributed by atoms with Gasteiger partial charge in [-0.1, -0.05) is 20.8 Å². The van der Waals surface area contributed by atoms with E-state index in [2.05, 4.69) is 20.8 Å². The number of nitrogens with zero attached hydrogens (tertiary/aromatic N) is 1. The average molecular weight is 224 g/mol. The van der Waals surface area contributed by atoms with E-state index in [1.165, 1.54) is 0 Å². The minimum Gasteiger partial charge on any atom is -0.428 e. The van der Waals surface area contributed by atoms with Crippen molar-refractivity contribution in [2.45, 2.75) is 51.7 Å². The van der Waals surface area contributed by atoms with Gasteiger partial charge in [-0.15, -0.1) is 0 Å². The Kier molecular flexibility index (Phi) is 2.93. The van der Waals surface area contributed by atoms with Crippen molar-refractivity contribution in [2.24, 2.45) is 0 Å². The maximum atomic E-state index is 7.78.